The average molecular weight is 335 g/mol. The first-order valence-corrected chi connectivity index (χ1v) is 8.72. The number of nitro groups is 1. The highest BCUT2D eigenvalue weighted by atomic mass is 32.2. The summed E-state index contributed by atoms with van der Waals surface area (Å²) in [7, 11) is -2.19. The molecule has 0 saturated carbocycles. The standard InChI is InChI=1S/C11H17N3O5S2/c1-12-11-9(14(16)17)6-10(20-11)21(18,19)13-4-2-8(7-13)3-5-15/h6,8,12,15H,2-5,7H2,1H3. The molecule has 10 heteroatoms. The molecule has 1 aromatic heterocycles. The van der Waals surface area contributed by atoms with Gasteiger partial charge in [0.05, 0.1) is 4.92 Å². The predicted molar refractivity (Wildman–Crippen MR) is 79.1 cm³/mol. The van der Waals surface area contributed by atoms with E-state index in [1.54, 1.807) is 0 Å². The molecule has 21 heavy (non-hydrogen) atoms. The van der Waals surface area contributed by atoms with Crippen LogP contribution in [0.25, 0.3) is 0 Å². The lowest BCUT2D eigenvalue weighted by molar-refractivity contribution is -0.383. The second-order valence-corrected chi connectivity index (χ2v) is 8.03. The number of aliphatic hydroxyl groups excluding tert-OH is 1. The van der Waals surface area contributed by atoms with Gasteiger partial charge in [0.15, 0.2) is 5.00 Å². The van der Waals surface area contributed by atoms with E-state index in [2.05, 4.69) is 5.32 Å². The molecule has 8 nitrogen and oxygen atoms in total. The van der Waals surface area contributed by atoms with E-state index in [1.807, 2.05) is 0 Å². The molecule has 118 valence electrons. The summed E-state index contributed by atoms with van der Waals surface area (Å²) in [6.45, 7) is 0.768. The van der Waals surface area contributed by atoms with E-state index in [0.29, 0.717) is 25.9 Å². The van der Waals surface area contributed by atoms with Gasteiger partial charge in [0, 0.05) is 32.8 Å². The molecule has 1 unspecified atom stereocenters. The summed E-state index contributed by atoms with van der Waals surface area (Å²) < 4.78 is 26.3. The summed E-state index contributed by atoms with van der Waals surface area (Å²) in [5.41, 5.74) is -0.229. The minimum Gasteiger partial charge on any atom is -0.396 e. The maximum Gasteiger partial charge on any atom is 0.304 e. The van der Waals surface area contributed by atoms with Gasteiger partial charge in [-0.1, -0.05) is 11.3 Å². The number of nitrogens with one attached hydrogen (secondary N) is 1. The van der Waals surface area contributed by atoms with Crippen molar-refractivity contribution in [1.82, 2.24) is 4.31 Å². The third-order valence-corrected chi connectivity index (χ3v) is 6.95. The van der Waals surface area contributed by atoms with E-state index in [0.717, 1.165) is 17.4 Å². The largest absolute Gasteiger partial charge is 0.396 e. The number of hydrogen-bond acceptors (Lipinski definition) is 7. The molecule has 0 spiro atoms. The summed E-state index contributed by atoms with van der Waals surface area (Å²) in [4.78, 5) is 10.3. The van der Waals surface area contributed by atoms with Crippen molar-refractivity contribution in [3.05, 3.63) is 16.2 Å². The van der Waals surface area contributed by atoms with Crippen LogP contribution in [0.2, 0.25) is 0 Å². The van der Waals surface area contributed by atoms with E-state index in [4.69, 9.17) is 5.11 Å². The number of sulfonamides is 1. The third-order valence-electron chi connectivity index (χ3n) is 3.49. The van der Waals surface area contributed by atoms with E-state index >= 15 is 0 Å². The molecule has 0 radical (unpaired) electrons. The molecule has 0 aromatic carbocycles. The quantitative estimate of drug-likeness (QED) is 0.594. The van der Waals surface area contributed by atoms with Crippen LogP contribution in [0.15, 0.2) is 10.3 Å². The molecule has 1 saturated heterocycles. The fraction of sp³-hybridized carbons (Fsp3) is 0.636. The first-order valence-electron chi connectivity index (χ1n) is 6.47. The predicted octanol–water partition coefficient (Wildman–Crippen LogP) is 1.09. The summed E-state index contributed by atoms with van der Waals surface area (Å²) in [6.07, 6.45) is 1.27. The van der Waals surface area contributed by atoms with Gasteiger partial charge in [-0.15, -0.1) is 0 Å². The Morgan fingerprint density at radius 2 is 2.33 bits per heavy atom. The Kier molecular flexibility index (Phi) is 4.81. The van der Waals surface area contributed by atoms with Crippen molar-refractivity contribution in [2.45, 2.75) is 17.1 Å². The Hall–Kier alpha value is -1.23. The minimum atomic E-state index is -3.71. The van der Waals surface area contributed by atoms with Crippen LogP contribution in [0, 0.1) is 16.0 Å². The number of nitrogens with zero attached hydrogens (tertiary/aromatic N) is 2. The molecule has 1 aliphatic heterocycles. The summed E-state index contributed by atoms with van der Waals surface area (Å²) >= 11 is 0.864. The normalized spacial score (nSPS) is 19.8. The number of hydrogen-bond donors (Lipinski definition) is 2. The lowest BCUT2D eigenvalue weighted by Gasteiger charge is -2.14. The van der Waals surface area contributed by atoms with Crippen molar-refractivity contribution >= 4 is 32.0 Å². The molecule has 1 atom stereocenters. The lowest BCUT2D eigenvalue weighted by atomic mass is 10.1. The van der Waals surface area contributed by atoms with Crippen LogP contribution in [0.1, 0.15) is 12.8 Å². The van der Waals surface area contributed by atoms with Gasteiger partial charge in [-0.25, -0.2) is 8.42 Å². The molecule has 1 aliphatic rings. The second-order valence-electron chi connectivity index (χ2n) is 4.82. The molecule has 1 aromatic rings. The Labute approximate surface area is 126 Å². The van der Waals surface area contributed by atoms with E-state index in [-0.39, 0.29) is 27.4 Å². The van der Waals surface area contributed by atoms with Crippen LogP contribution in [0.4, 0.5) is 10.7 Å². The fourth-order valence-electron chi connectivity index (χ4n) is 2.36. The average Bonchev–Trinajstić information content (AvgIpc) is 3.05. The maximum atomic E-state index is 12.5. The Morgan fingerprint density at radius 3 is 2.86 bits per heavy atom. The first kappa shape index (κ1) is 16.1. The summed E-state index contributed by atoms with van der Waals surface area (Å²) in [5, 5.41) is 22.7. The molecule has 1 fully saturated rings. The van der Waals surface area contributed by atoms with Crippen LogP contribution in [-0.2, 0) is 10.0 Å². The highest BCUT2D eigenvalue weighted by molar-refractivity contribution is 7.91. The minimum absolute atomic E-state index is 0.0248. The van der Waals surface area contributed by atoms with Gasteiger partial charge < -0.3 is 10.4 Å². The topological polar surface area (TPSA) is 113 Å². The van der Waals surface area contributed by atoms with Gasteiger partial charge in [0.25, 0.3) is 10.0 Å². The molecule has 2 rings (SSSR count). The number of rotatable bonds is 6. The molecule has 2 N–H and O–H groups in total. The highest BCUT2D eigenvalue weighted by Crippen LogP contribution is 2.39. The number of aliphatic hydroxyl groups is 1. The zero-order chi connectivity index (χ0) is 15.6. The zero-order valence-electron chi connectivity index (χ0n) is 11.5. The van der Waals surface area contributed by atoms with Crippen molar-refractivity contribution in [1.29, 1.82) is 0 Å². The van der Waals surface area contributed by atoms with Gasteiger partial charge in [-0.2, -0.15) is 4.31 Å². The molecular weight excluding hydrogens is 318 g/mol. The van der Waals surface area contributed by atoms with Crippen molar-refractivity contribution in [2.24, 2.45) is 5.92 Å². The SMILES string of the molecule is CNc1sc(S(=O)(=O)N2CCC(CCO)C2)cc1[N+](=O)[O-]. The summed E-state index contributed by atoms with van der Waals surface area (Å²) in [5.74, 6) is 0.142. The van der Waals surface area contributed by atoms with Crippen LogP contribution in [-0.4, -0.2) is 49.5 Å². The van der Waals surface area contributed by atoms with Gasteiger partial charge in [-0.3, -0.25) is 10.1 Å². The monoisotopic (exact) mass is 335 g/mol. The molecule has 0 bridgehead atoms. The van der Waals surface area contributed by atoms with Crippen LogP contribution in [0.5, 0.6) is 0 Å². The Morgan fingerprint density at radius 1 is 1.62 bits per heavy atom. The van der Waals surface area contributed by atoms with Crippen molar-refractivity contribution in [2.75, 3.05) is 32.1 Å². The maximum absolute atomic E-state index is 12.5. The van der Waals surface area contributed by atoms with E-state index in [9.17, 15) is 18.5 Å². The third kappa shape index (κ3) is 3.18. The van der Waals surface area contributed by atoms with E-state index < -0.39 is 14.9 Å². The van der Waals surface area contributed by atoms with Gasteiger partial charge in [0.2, 0.25) is 0 Å². The van der Waals surface area contributed by atoms with Crippen LogP contribution < -0.4 is 5.32 Å². The molecule has 2 heterocycles. The Bertz CT molecular complexity index is 628. The fourth-order valence-corrected chi connectivity index (χ4v) is 5.33. The second kappa shape index (κ2) is 6.26. The summed E-state index contributed by atoms with van der Waals surface area (Å²) in [6, 6.07) is 1.10. The Balaban J connectivity index is 2.26. The van der Waals surface area contributed by atoms with Gasteiger partial charge >= 0.3 is 5.69 Å². The lowest BCUT2D eigenvalue weighted by Crippen LogP contribution is -2.28. The van der Waals surface area contributed by atoms with Gasteiger partial charge in [0.1, 0.15) is 4.21 Å². The zero-order valence-corrected chi connectivity index (χ0v) is 13.1. The smallest absolute Gasteiger partial charge is 0.304 e. The van der Waals surface area contributed by atoms with Crippen LogP contribution >= 0.6 is 11.3 Å². The molecular formula is C11H17N3O5S2. The van der Waals surface area contributed by atoms with E-state index in [1.165, 1.54) is 11.4 Å². The van der Waals surface area contributed by atoms with Gasteiger partial charge in [-0.05, 0) is 18.8 Å². The van der Waals surface area contributed by atoms with Crippen molar-refractivity contribution in [3.8, 4) is 0 Å². The molecule has 0 amide bonds. The number of thiophene rings is 1. The number of anilines is 1. The first-order chi connectivity index (χ1) is 9.90. The molecule has 0 aliphatic carbocycles. The van der Waals surface area contributed by atoms with Crippen molar-refractivity contribution in [3.63, 3.8) is 0 Å². The highest BCUT2D eigenvalue weighted by Gasteiger charge is 2.35. The van der Waals surface area contributed by atoms with Crippen LogP contribution in [0.3, 0.4) is 0 Å². The van der Waals surface area contributed by atoms with Crippen molar-refractivity contribution < 1.29 is 18.4 Å².